The number of hydrogen-bond acceptors (Lipinski definition) is 6. The van der Waals surface area contributed by atoms with Gasteiger partial charge in [0.05, 0.1) is 6.61 Å². The predicted molar refractivity (Wildman–Crippen MR) is 79.1 cm³/mol. The molecule has 2 fully saturated rings. The van der Waals surface area contributed by atoms with Gasteiger partial charge in [0.25, 0.3) is 0 Å². The summed E-state index contributed by atoms with van der Waals surface area (Å²) in [5, 5.41) is 7.63. The highest BCUT2D eigenvalue weighted by Gasteiger charge is 2.33. The van der Waals surface area contributed by atoms with Crippen LogP contribution in [0, 0.1) is 0 Å². The van der Waals surface area contributed by atoms with Gasteiger partial charge in [0.2, 0.25) is 11.7 Å². The van der Waals surface area contributed by atoms with Crippen LogP contribution in [0.3, 0.4) is 0 Å². The highest BCUT2D eigenvalue weighted by atomic mass is 16.5. The van der Waals surface area contributed by atoms with Crippen molar-refractivity contribution in [3.05, 3.63) is 11.7 Å². The molecule has 1 aliphatic carbocycles. The number of aromatic nitrogens is 2. The summed E-state index contributed by atoms with van der Waals surface area (Å²) in [4.78, 5) is 6.82. The van der Waals surface area contributed by atoms with E-state index in [0.29, 0.717) is 5.82 Å². The van der Waals surface area contributed by atoms with Gasteiger partial charge >= 0.3 is 0 Å². The van der Waals surface area contributed by atoms with Gasteiger partial charge < -0.3 is 19.5 Å². The molecule has 1 saturated heterocycles. The summed E-state index contributed by atoms with van der Waals surface area (Å²) in [6, 6.07) is 0. The average Bonchev–Trinajstić information content (AvgIpc) is 2.96. The number of ether oxygens (including phenoxy) is 1. The lowest BCUT2D eigenvalue weighted by molar-refractivity contribution is -0.0264. The van der Waals surface area contributed by atoms with Gasteiger partial charge in [-0.05, 0) is 26.9 Å². The molecule has 0 spiro atoms. The molecule has 0 aromatic carbocycles. The molecule has 21 heavy (non-hydrogen) atoms. The van der Waals surface area contributed by atoms with E-state index in [1.165, 1.54) is 32.1 Å². The summed E-state index contributed by atoms with van der Waals surface area (Å²) < 4.78 is 11.2. The molecule has 6 nitrogen and oxygen atoms in total. The Kier molecular flexibility index (Phi) is 4.57. The molecule has 1 aromatic rings. The highest BCUT2D eigenvalue weighted by Crippen LogP contribution is 2.31. The zero-order valence-electron chi connectivity index (χ0n) is 13.1. The van der Waals surface area contributed by atoms with Gasteiger partial charge in [-0.3, -0.25) is 0 Å². The van der Waals surface area contributed by atoms with Crippen molar-refractivity contribution in [1.29, 1.82) is 0 Å². The van der Waals surface area contributed by atoms with Crippen molar-refractivity contribution in [3.8, 4) is 0 Å². The van der Waals surface area contributed by atoms with Crippen molar-refractivity contribution in [2.75, 3.05) is 33.8 Å². The molecule has 2 aliphatic rings. The molecule has 1 aromatic heterocycles. The summed E-state index contributed by atoms with van der Waals surface area (Å²) in [7, 11) is 4.14. The molecule has 118 valence electrons. The molecule has 2 heterocycles. The Hall–Kier alpha value is -0.980. The average molecular weight is 294 g/mol. The van der Waals surface area contributed by atoms with E-state index in [1.807, 2.05) is 7.05 Å². The van der Waals surface area contributed by atoms with Crippen LogP contribution in [0.25, 0.3) is 0 Å². The van der Waals surface area contributed by atoms with Gasteiger partial charge in [0, 0.05) is 25.0 Å². The van der Waals surface area contributed by atoms with Gasteiger partial charge in [-0.2, -0.15) is 4.98 Å². The molecule has 1 saturated carbocycles. The van der Waals surface area contributed by atoms with Gasteiger partial charge in [-0.25, -0.2) is 0 Å². The maximum atomic E-state index is 5.75. The smallest absolute Gasteiger partial charge is 0.228 e. The Morgan fingerprint density at radius 2 is 2.14 bits per heavy atom. The summed E-state index contributed by atoms with van der Waals surface area (Å²) >= 11 is 0. The SMILES string of the molecule is CNC1(Cc2nc(C3CN(C)CCO3)no2)CCCCC1. The Balaban J connectivity index is 1.66. The minimum atomic E-state index is -0.0573. The largest absolute Gasteiger partial charge is 0.367 e. The summed E-state index contributed by atoms with van der Waals surface area (Å²) in [5.41, 5.74) is 0.131. The summed E-state index contributed by atoms with van der Waals surface area (Å²) in [6.07, 6.45) is 7.02. The fourth-order valence-corrected chi connectivity index (χ4v) is 3.44. The molecule has 1 unspecified atom stereocenters. The molecule has 3 rings (SSSR count). The van der Waals surface area contributed by atoms with E-state index in [0.717, 1.165) is 32.0 Å². The van der Waals surface area contributed by atoms with Crippen LogP contribution in [0.1, 0.15) is 49.9 Å². The van der Waals surface area contributed by atoms with Crippen molar-refractivity contribution in [2.45, 2.75) is 50.2 Å². The predicted octanol–water partition coefficient (Wildman–Crippen LogP) is 1.54. The zero-order valence-corrected chi connectivity index (χ0v) is 13.1. The number of hydrogen-bond donors (Lipinski definition) is 1. The Morgan fingerprint density at radius 3 is 2.86 bits per heavy atom. The highest BCUT2D eigenvalue weighted by molar-refractivity contribution is 5.01. The molecule has 0 radical (unpaired) electrons. The van der Waals surface area contributed by atoms with Gasteiger partial charge in [-0.15, -0.1) is 0 Å². The third kappa shape index (κ3) is 3.44. The van der Waals surface area contributed by atoms with Crippen LogP contribution >= 0.6 is 0 Å². The van der Waals surface area contributed by atoms with Gasteiger partial charge in [0.15, 0.2) is 0 Å². The molecule has 6 heteroatoms. The molecule has 0 bridgehead atoms. The van der Waals surface area contributed by atoms with E-state index in [4.69, 9.17) is 9.26 Å². The van der Waals surface area contributed by atoms with Gasteiger partial charge in [-0.1, -0.05) is 24.4 Å². The first-order valence-electron chi connectivity index (χ1n) is 8.02. The number of rotatable bonds is 4. The van der Waals surface area contributed by atoms with E-state index < -0.39 is 0 Å². The third-order valence-electron chi connectivity index (χ3n) is 4.87. The lowest BCUT2D eigenvalue weighted by atomic mass is 9.79. The molecular formula is C15H26N4O2. The minimum Gasteiger partial charge on any atom is -0.367 e. The second-order valence-corrected chi connectivity index (χ2v) is 6.44. The van der Waals surface area contributed by atoms with Crippen molar-refractivity contribution in [2.24, 2.45) is 0 Å². The first-order valence-corrected chi connectivity index (χ1v) is 8.02. The van der Waals surface area contributed by atoms with Gasteiger partial charge in [0.1, 0.15) is 6.10 Å². The number of likely N-dealkylation sites (N-methyl/N-ethyl adjacent to an activating group) is 2. The monoisotopic (exact) mass is 294 g/mol. The number of morpholine rings is 1. The lowest BCUT2D eigenvalue weighted by Gasteiger charge is -2.36. The standard InChI is InChI=1S/C15H26N4O2/c1-16-15(6-4-3-5-7-15)10-13-17-14(18-21-13)12-11-19(2)8-9-20-12/h12,16H,3-11H2,1-2H3. The first kappa shape index (κ1) is 14.9. The lowest BCUT2D eigenvalue weighted by Crippen LogP contribution is -2.46. The van der Waals surface area contributed by atoms with E-state index in [1.54, 1.807) is 0 Å². The van der Waals surface area contributed by atoms with E-state index in [9.17, 15) is 0 Å². The van der Waals surface area contributed by atoms with E-state index in [-0.39, 0.29) is 11.6 Å². The molecular weight excluding hydrogens is 268 g/mol. The quantitative estimate of drug-likeness (QED) is 0.909. The first-order chi connectivity index (χ1) is 10.2. The van der Waals surface area contributed by atoms with Crippen LogP contribution in [-0.2, 0) is 11.2 Å². The van der Waals surface area contributed by atoms with Crippen molar-refractivity contribution >= 4 is 0 Å². The minimum absolute atomic E-state index is 0.0573. The van der Waals surface area contributed by atoms with E-state index in [2.05, 4.69) is 27.4 Å². The van der Waals surface area contributed by atoms with Crippen LogP contribution in [0.15, 0.2) is 4.52 Å². The number of nitrogens with one attached hydrogen (secondary N) is 1. The van der Waals surface area contributed by atoms with E-state index >= 15 is 0 Å². The second kappa shape index (κ2) is 6.42. The fourth-order valence-electron chi connectivity index (χ4n) is 3.44. The summed E-state index contributed by atoms with van der Waals surface area (Å²) in [6.45, 7) is 2.52. The van der Waals surface area contributed by atoms with Crippen LogP contribution < -0.4 is 5.32 Å². The van der Waals surface area contributed by atoms with Crippen molar-refractivity contribution in [1.82, 2.24) is 20.4 Å². The Bertz CT molecular complexity index is 456. The van der Waals surface area contributed by atoms with Crippen LogP contribution in [0.2, 0.25) is 0 Å². The van der Waals surface area contributed by atoms with Crippen LogP contribution in [0.4, 0.5) is 0 Å². The number of nitrogens with zero attached hydrogens (tertiary/aromatic N) is 3. The third-order valence-corrected chi connectivity index (χ3v) is 4.87. The van der Waals surface area contributed by atoms with Crippen LogP contribution in [-0.4, -0.2) is 54.4 Å². The molecule has 1 N–H and O–H groups in total. The molecule has 1 aliphatic heterocycles. The topological polar surface area (TPSA) is 63.4 Å². The van der Waals surface area contributed by atoms with Crippen molar-refractivity contribution in [3.63, 3.8) is 0 Å². The zero-order chi connectivity index (χ0) is 14.7. The normalized spacial score (nSPS) is 26.9. The second-order valence-electron chi connectivity index (χ2n) is 6.44. The Morgan fingerprint density at radius 1 is 1.33 bits per heavy atom. The fraction of sp³-hybridized carbons (Fsp3) is 0.867. The van der Waals surface area contributed by atoms with Crippen LogP contribution in [0.5, 0.6) is 0 Å². The molecule has 0 amide bonds. The summed E-state index contributed by atoms with van der Waals surface area (Å²) in [5.74, 6) is 1.43. The Labute approximate surface area is 126 Å². The maximum absolute atomic E-state index is 5.75. The van der Waals surface area contributed by atoms with Crippen molar-refractivity contribution < 1.29 is 9.26 Å². The molecule has 1 atom stereocenters. The maximum Gasteiger partial charge on any atom is 0.228 e.